The molecule has 0 amide bonds. The summed E-state index contributed by atoms with van der Waals surface area (Å²) in [6.07, 6.45) is -3.04. The minimum atomic E-state index is -4.42. The van der Waals surface area contributed by atoms with Gasteiger partial charge in [-0.2, -0.15) is 13.2 Å². The third-order valence-electron chi connectivity index (χ3n) is 4.05. The number of methoxy groups -OCH3 is 3. The molecule has 1 heterocycles. The lowest BCUT2D eigenvalue weighted by atomic mass is 10.2. The molecule has 0 radical (unpaired) electrons. The molecule has 8 nitrogen and oxygen atoms in total. The number of ether oxygens (including phenoxy) is 4. The van der Waals surface area contributed by atoms with Crippen LogP contribution in [0.25, 0.3) is 0 Å². The second kappa shape index (κ2) is 11.1. The summed E-state index contributed by atoms with van der Waals surface area (Å²) in [5.41, 5.74) is 1.55. The zero-order valence-corrected chi connectivity index (χ0v) is 17.7. The van der Waals surface area contributed by atoms with Crippen LogP contribution in [0, 0.1) is 0 Å². The van der Waals surface area contributed by atoms with E-state index in [2.05, 4.69) is 25.3 Å². The molecule has 0 saturated heterocycles. The number of aromatic nitrogens is 1. The lowest BCUT2D eigenvalue weighted by molar-refractivity contribution is -0.154. The van der Waals surface area contributed by atoms with Crippen LogP contribution in [0.15, 0.2) is 35.5 Å². The number of benzene rings is 1. The quantitative estimate of drug-likeness (QED) is 0.456. The monoisotopic (exact) mass is 442 g/mol. The second-order valence-corrected chi connectivity index (χ2v) is 6.22. The smallest absolute Gasteiger partial charge is 0.422 e. The summed E-state index contributed by atoms with van der Waals surface area (Å²) in [4.78, 5) is 7.92. The number of nitrogens with zero attached hydrogens (tertiary/aromatic N) is 2. The highest BCUT2D eigenvalue weighted by atomic mass is 19.4. The standard InChI is InChI=1S/C20H25F3N4O4/c1-24-19(26-10-13-5-6-25-17(9-13)31-12-20(21,22)23)27-11-14-7-15(28-2)18(30-4)16(8-14)29-3/h5-9H,10-12H2,1-4H3,(H2,24,26,27). The van der Waals surface area contributed by atoms with E-state index in [9.17, 15) is 13.2 Å². The molecule has 0 aliphatic carbocycles. The SMILES string of the molecule is CN=C(NCc1ccnc(OCC(F)(F)F)c1)NCc1cc(OC)c(OC)c(OC)c1. The number of halogens is 3. The van der Waals surface area contributed by atoms with Gasteiger partial charge in [-0.1, -0.05) is 0 Å². The Bertz CT molecular complexity index is 866. The van der Waals surface area contributed by atoms with Crippen molar-refractivity contribution in [2.45, 2.75) is 19.3 Å². The van der Waals surface area contributed by atoms with E-state index in [0.29, 0.717) is 41.9 Å². The van der Waals surface area contributed by atoms with Crippen molar-refractivity contribution >= 4 is 5.96 Å². The zero-order chi connectivity index (χ0) is 22.9. The first-order valence-electron chi connectivity index (χ1n) is 9.17. The number of aliphatic imine (C=N–C) groups is 1. The van der Waals surface area contributed by atoms with Crippen molar-refractivity contribution in [3.8, 4) is 23.1 Å². The minimum Gasteiger partial charge on any atom is -0.493 e. The van der Waals surface area contributed by atoms with E-state index in [4.69, 9.17) is 14.2 Å². The number of alkyl halides is 3. The van der Waals surface area contributed by atoms with Gasteiger partial charge in [0, 0.05) is 32.4 Å². The number of nitrogens with one attached hydrogen (secondary N) is 2. The van der Waals surface area contributed by atoms with Gasteiger partial charge in [0.1, 0.15) is 0 Å². The van der Waals surface area contributed by atoms with Crippen molar-refractivity contribution in [2.24, 2.45) is 4.99 Å². The van der Waals surface area contributed by atoms with Gasteiger partial charge < -0.3 is 29.6 Å². The number of rotatable bonds is 9. The molecule has 0 saturated carbocycles. The topological polar surface area (TPSA) is 86.2 Å². The van der Waals surface area contributed by atoms with Crippen LogP contribution in [-0.2, 0) is 13.1 Å². The van der Waals surface area contributed by atoms with Crippen molar-refractivity contribution in [1.82, 2.24) is 15.6 Å². The molecular formula is C20H25F3N4O4. The van der Waals surface area contributed by atoms with E-state index in [-0.39, 0.29) is 5.88 Å². The molecule has 0 unspecified atom stereocenters. The molecule has 0 bridgehead atoms. The second-order valence-electron chi connectivity index (χ2n) is 6.22. The van der Waals surface area contributed by atoms with Crippen LogP contribution in [0.4, 0.5) is 13.2 Å². The van der Waals surface area contributed by atoms with E-state index >= 15 is 0 Å². The van der Waals surface area contributed by atoms with Crippen LogP contribution >= 0.6 is 0 Å². The Morgan fingerprint density at radius 2 is 1.58 bits per heavy atom. The Balaban J connectivity index is 1.97. The molecule has 31 heavy (non-hydrogen) atoms. The molecule has 1 aromatic heterocycles. The largest absolute Gasteiger partial charge is 0.493 e. The average molecular weight is 442 g/mol. The summed E-state index contributed by atoms with van der Waals surface area (Å²) in [6.45, 7) is -0.679. The van der Waals surface area contributed by atoms with E-state index in [1.807, 2.05) is 12.1 Å². The summed E-state index contributed by atoms with van der Waals surface area (Å²) in [7, 11) is 6.21. The highest BCUT2D eigenvalue weighted by Crippen LogP contribution is 2.38. The Hall–Kier alpha value is -3.37. The molecule has 0 spiro atoms. The molecule has 0 fully saturated rings. The van der Waals surface area contributed by atoms with Gasteiger partial charge in [-0.05, 0) is 29.3 Å². The summed E-state index contributed by atoms with van der Waals surface area (Å²) in [6, 6.07) is 6.73. The van der Waals surface area contributed by atoms with Crippen molar-refractivity contribution < 1.29 is 32.1 Å². The van der Waals surface area contributed by atoms with Crippen LogP contribution < -0.4 is 29.6 Å². The highest BCUT2D eigenvalue weighted by Gasteiger charge is 2.28. The van der Waals surface area contributed by atoms with Gasteiger partial charge in [-0.15, -0.1) is 0 Å². The van der Waals surface area contributed by atoms with E-state index in [1.54, 1.807) is 13.1 Å². The Morgan fingerprint density at radius 3 is 2.10 bits per heavy atom. The predicted octanol–water partition coefficient (Wildman–Crippen LogP) is 2.91. The fraction of sp³-hybridized carbons (Fsp3) is 0.400. The number of guanidine groups is 1. The molecule has 2 N–H and O–H groups in total. The van der Waals surface area contributed by atoms with Gasteiger partial charge in [0.2, 0.25) is 11.6 Å². The summed E-state index contributed by atoms with van der Waals surface area (Å²) < 4.78 is 57.5. The fourth-order valence-corrected chi connectivity index (χ4v) is 2.62. The lowest BCUT2D eigenvalue weighted by Gasteiger charge is -2.16. The third kappa shape index (κ3) is 7.43. The Morgan fingerprint density at radius 1 is 0.968 bits per heavy atom. The highest BCUT2D eigenvalue weighted by molar-refractivity contribution is 5.79. The van der Waals surface area contributed by atoms with Crippen LogP contribution in [0.5, 0.6) is 23.1 Å². The van der Waals surface area contributed by atoms with E-state index < -0.39 is 12.8 Å². The normalized spacial score (nSPS) is 11.6. The molecule has 0 atom stereocenters. The maximum atomic E-state index is 12.3. The van der Waals surface area contributed by atoms with E-state index in [0.717, 1.165) is 5.56 Å². The number of pyridine rings is 1. The van der Waals surface area contributed by atoms with Crippen LogP contribution in [0.3, 0.4) is 0 Å². The fourth-order valence-electron chi connectivity index (χ4n) is 2.62. The molecule has 0 aliphatic rings. The minimum absolute atomic E-state index is 0.100. The first-order chi connectivity index (χ1) is 14.8. The number of hydrogen-bond acceptors (Lipinski definition) is 6. The molecule has 0 aliphatic heterocycles. The molecule has 2 rings (SSSR count). The molecule has 2 aromatic rings. The summed E-state index contributed by atoms with van der Waals surface area (Å²) >= 11 is 0. The van der Waals surface area contributed by atoms with Gasteiger partial charge >= 0.3 is 6.18 Å². The first kappa shape index (κ1) is 23.9. The van der Waals surface area contributed by atoms with Gasteiger partial charge in [0.25, 0.3) is 0 Å². The summed E-state index contributed by atoms with van der Waals surface area (Å²) in [5, 5.41) is 6.23. The van der Waals surface area contributed by atoms with Crippen molar-refractivity contribution in [3.05, 3.63) is 41.6 Å². The van der Waals surface area contributed by atoms with Gasteiger partial charge in [-0.3, -0.25) is 4.99 Å². The van der Waals surface area contributed by atoms with Crippen molar-refractivity contribution in [1.29, 1.82) is 0 Å². The van der Waals surface area contributed by atoms with Crippen molar-refractivity contribution in [2.75, 3.05) is 35.0 Å². The summed E-state index contributed by atoms with van der Waals surface area (Å²) in [5.74, 6) is 1.95. The lowest BCUT2D eigenvalue weighted by Crippen LogP contribution is -2.36. The third-order valence-corrected chi connectivity index (χ3v) is 4.05. The van der Waals surface area contributed by atoms with Crippen LogP contribution in [0.2, 0.25) is 0 Å². The number of hydrogen-bond donors (Lipinski definition) is 2. The van der Waals surface area contributed by atoms with Gasteiger partial charge in [-0.25, -0.2) is 4.98 Å². The molecule has 1 aromatic carbocycles. The zero-order valence-electron chi connectivity index (χ0n) is 17.7. The maximum absolute atomic E-state index is 12.3. The molecule has 11 heteroatoms. The van der Waals surface area contributed by atoms with Crippen LogP contribution in [-0.4, -0.2) is 52.1 Å². The van der Waals surface area contributed by atoms with E-state index in [1.165, 1.54) is 33.6 Å². The van der Waals surface area contributed by atoms with Gasteiger partial charge in [0.05, 0.1) is 21.3 Å². The van der Waals surface area contributed by atoms with Gasteiger partial charge in [0.15, 0.2) is 24.1 Å². The molecule has 170 valence electrons. The molecular weight excluding hydrogens is 417 g/mol. The Labute approximate surface area is 178 Å². The predicted molar refractivity (Wildman–Crippen MR) is 109 cm³/mol. The Kier molecular flexibility index (Phi) is 8.59. The first-order valence-corrected chi connectivity index (χ1v) is 9.17. The van der Waals surface area contributed by atoms with Crippen molar-refractivity contribution in [3.63, 3.8) is 0 Å². The maximum Gasteiger partial charge on any atom is 0.422 e. The average Bonchev–Trinajstić information content (AvgIpc) is 2.76. The van der Waals surface area contributed by atoms with Crippen LogP contribution in [0.1, 0.15) is 11.1 Å².